The molecule has 0 aliphatic carbocycles. The number of ether oxygens (including phenoxy) is 1. The van der Waals surface area contributed by atoms with E-state index in [2.05, 4.69) is 6.92 Å². The Labute approximate surface area is 80.6 Å². The quantitative estimate of drug-likeness (QED) is 0.489. The van der Waals surface area contributed by atoms with Crippen molar-refractivity contribution in [2.24, 2.45) is 5.73 Å². The summed E-state index contributed by atoms with van der Waals surface area (Å²) in [6.45, 7) is 4.33. The molecule has 0 aliphatic rings. The fourth-order valence-corrected chi connectivity index (χ4v) is 1.01. The van der Waals surface area contributed by atoms with Gasteiger partial charge in [-0.05, 0) is 13.3 Å². The number of unbranched alkanes of at least 4 members (excludes halogenated alkanes) is 4. The first-order chi connectivity index (χ1) is 6.18. The Hall–Kier alpha value is -0.570. The Morgan fingerprint density at radius 1 is 1.31 bits per heavy atom. The molecular formula is C10H21NO2. The van der Waals surface area contributed by atoms with Gasteiger partial charge in [0.25, 0.3) is 0 Å². The summed E-state index contributed by atoms with van der Waals surface area (Å²) in [7, 11) is 0. The lowest BCUT2D eigenvalue weighted by molar-refractivity contribution is -0.144. The Morgan fingerprint density at radius 2 is 1.92 bits per heavy atom. The predicted molar refractivity (Wildman–Crippen MR) is 53.4 cm³/mol. The van der Waals surface area contributed by atoms with Crippen LogP contribution in [0, 0.1) is 0 Å². The van der Waals surface area contributed by atoms with Crippen molar-refractivity contribution in [1.29, 1.82) is 0 Å². The maximum Gasteiger partial charge on any atom is 0.322 e. The van der Waals surface area contributed by atoms with E-state index in [1.165, 1.54) is 19.3 Å². The van der Waals surface area contributed by atoms with E-state index in [0.717, 1.165) is 12.8 Å². The van der Waals surface area contributed by atoms with Gasteiger partial charge in [-0.2, -0.15) is 0 Å². The predicted octanol–water partition coefficient (Wildman–Crippen LogP) is 1.85. The molecule has 0 aliphatic heterocycles. The van der Waals surface area contributed by atoms with Crippen molar-refractivity contribution < 1.29 is 9.53 Å². The first-order valence-corrected chi connectivity index (χ1v) is 5.10. The Balaban J connectivity index is 3.12. The Morgan fingerprint density at radius 3 is 2.46 bits per heavy atom. The lowest BCUT2D eigenvalue weighted by atomic mass is 10.2. The van der Waals surface area contributed by atoms with Crippen LogP contribution in [0.2, 0.25) is 0 Å². The van der Waals surface area contributed by atoms with Crippen LogP contribution in [0.1, 0.15) is 46.0 Å². The van der Waals surface area contributed by atoms with E-state index < -0.39 is 6.04 Å². The van der Waals surface area contributed by atoms with Crippen LogP contribution in [0.4, 0.5) is 0 Å². The van der Waals surface area contributed by atoms with Gasteiger partial charge in [-0.1, -0.05) is 32.6 Å². The van der Waals surface area contributed by atoms with Gasteiger partial charge in [-0.15, -0.1) is 0 Å². The molecule has 0 aromatic carbocycles. The van der Waals surface area contributed by atoms with Crippen LogP contribution in [-0.2, 0) is 9.53 Å². The van der Waals surface area contributed by atoms with Crippen molar-refractivity contribution in [3.8, 4) is 0 Å². The van der Waals surface area contributed by atoms with E-state index in [1.807, 2.05) is 0 Å². The maximum atomic E-state index is 10.9. The molecule has 13 heavy (non-hydrogen) atoms. The molecule has 2 N–H and O–H groups in total. The fourth-order valence-electron chi connectivity index (χ4n) is 1.01. The number of carbonyl (C=O) groups is 1. The molecule has 0 radical (unpaired) electrons. The van der Waals surface area contributed by atoms with Crippen LogP contribution in [0.15, 0.2) is 0 Å². The van der Waals surface area contributed by atoms with Gasteiger partial charge < -0.3 is 10.5 Å². The molecule has 0 aromatic heterocycles. The SMILES string of the molecule is CCCCCCCOC(=O)[C@H](C)N. The standard InChI is InChI=1S/C10H21NO2/c1-3-4-5-6-7-8-13-10(12)9(2)11/h9H,3-8,11H2,1-2H3/t9-/m0/s1. The zero-order valence-electron chi connectivity index (χ0n) is 8.71. The summed E-state index contributed by atoms with van der Waals surface area (Å²) >= 11 is 0. The molecule has 3 nitrogen and oxygen atoms in total. The summed E-state index contributed by atoms with van der Waals surface area (Å²) in [5.41, 5.74) is 5.32. The van der Waals surface area contributed by atoms with Gasteiger partial charge in [0, 0.05) is 0 Å². The zero-order chi connectivity index (χ0) is 10.1. The summed E-state index contributed by atoms with van der Waals surface area (Å²) in [6.07, 6.45) is 5.83. The van der Waals surface area contributed by atoms with Crippen molar-refractivity contribution in [3.63, 3.8) is 0 Å². The molecule has 0 heterocycles. The minimum Gasteiger partial charge on any atom is -0.465 e. The minimum atomic E-state index is -0.490. The number of hydrogen-bond donors (Lipinski definition) is 1. The number of nitrogens with two attached hydrogens (primary N) is 1. The zero-order valence-corrected chi connectivity index (χ0v) is 8.71. The topological polar surface area (TPSA) is 52.3 Å². The normalized spacial score (nSPS) is 12.5. The molecule has 0 bridgehead atoms. The number of esters is 1. The molecule has 0 spiro atoms. The molecule has 0 saturated carbocycles. The highest BCUT2D eigenvalue weighted by Gasteiger charge is 2.07. The van der Waals surface area contributed by atoms with Crippen molar-refractivity contribution >= 4 is 5.97 Å². The molecule has 3 heteroatoms. The minimum absolute atomic E-state index is 0.296. The van der Waals surface area contributed by atoms with Gasteiger partial charge in [-0.3, -0.25) is 4.79 Å². The van der Waals surface area contributed by atoms with Crippen LogP contribution in [0.5, 0.6) is 0 Å². The maximum absolute atomic E-state index is 10.9. The van der Waals surface area contributed by atoms with E-state index in [0.29, 0.717) is 6.61 Å². The highest BCUT2D eigenvalue weighted by atomic mass is 16.5. The molecule has 0 fully saturated rings. The van der Waals surface area contributed by atoms with Crippen LogP contribution in [0.25, 0.3) is 0 Å². The summed E-state index contributed by atoms with van der Waals surface area (Å²) in [4.78, 5) is 10.9. The number of hydrogen-bond acceptors (Lipinski definition) is 3. The van der Waals surface area contributed by atoms with E-state index in [4.69, 9.17) is 10.5 Å². The summed E-state index contributed by atoms with van der Waals surface area (Å²) in [6, 6.07) is -0.490. The second-order valence-electron chi connectivity index (χ2n) is 3.37. The molecule has 0 aromatic rings. The molecule has 0 amide bonds. The molecule has 0 unspecified atom stereocenters. The lowest BCUT2D eigenvalue weighted by Crippen LogP contribution is -2.28. The molecule has 78 valence electrons. The highest BCUT2D eigenvalue weighted by molar-refractivity contribution is 5.74. The van der Waals surface area contributed by atoms with Gasteiger partial charge in [-0.25, -0.2) is 0 Å². The van der Waals surface area contributed by atoms with Crippen LogP contribution in [-0.4, -0.2) is 18.6 Å². The third-order valence-corrected chi connectivity index (χ3v) is 1.86. The molecule has 0 saturated heterocycles. The van der Waals surface area contributed by atoms with Gasteiger partial charge in [0.1, 0.15) is 6.04 Å². The Kier molecular flexibility index (Phi) is 7.69. The van der Waals surface area contributed by atoms with Crippen molar-refractivity contribution in [1.82, 2.24) is 0 Å². The van der Waals surface area contributed by atoms with Gasteiger partial charge in [0.15, 0.2) is 0 Å². The highest BCUT2D eigenvalue weighted by Crippen LogP contribution is 2.02. The summed E-state index contributed by atoms with van der Waals surface area (Å²) in [5.74, 6) is -0.296. The second-order valence-corrected chi connectivity index (χ2v) is 3.37. The van der Waals surface area contributed by atoms with Crippen LogP contribution in [0.3, 0.4) is 0 Å². The monoisotopic (exact) mass is 187 g/mol. The average molecular weight is 187 g/mol. The molecule has 0 rings (SSSR count). The Bertz CT molecular complexity index is 135. The van der Waals surface area contributed by atoms with Gasteiger partial charge in [0.05, 0.1) is 6.61 Å². The fraction of sp³-hybridized carbons (Fsp3) is 0.900. The smallest absolute Gasteiger partial charge is 0.322 e. The molecular weight excluding hydrogens is 166 g/mol. The second kappa shape index (κ2) is 8.05. The van der Waals surface area contributed by atoms with E-state index >= 15 is 0 Å². The first-order valence-electron chi connectivity index (χ1n) is 5.10. The third-order valence-electron chi connectivity index (χ3n) is 1.86. The summed E-state index contributed by atoms with van der Waals surface area (Å²) in [5, 5.41) is 0. The first kappa shape index (κ1) is 12.4. The largest absolute Gasteiger partial charge is 0.465 e. The van der Waals surface area contributed by atoms with Gasteiger partial charge in [0.2, 0.25) is 0 Å². The van der Waals surface area contributed by atoms with Crippen molar-refractivity contribution in [2.45, 2.75) is 52.0 Å². The van der Waals surface area contributed by atoms with Crippen LogP contribution >= 0.6 is 0 Å². The third kappa shape index (κ3) is 7.78. The van der Waals surface area contributed by atoms with Crippen molar-refractivity contribution in [3.05, 3.63) is 0 Å². The van der Waals surface area contributed by atoms with E-state index in [-0.39, 0.29) is 5.97 Å². The average Bonchev–Trinajstić information content (AvgIpc) is 2.10. The summed E-state index contributed by atoms with van der Waals surface area (Å²) < 4.78 is 4.92. The van der Waals surface area contributed by atoms with Gasteiger partial charge >= 0.3 is 5.97 Å². The van der Waals surface area contributed by atoms with E-state index in [9.17, 15) is 4.79 Å². The van der Waals surface area contributed by atoms with Crippen LogP contribution < -0.4 is 5.73 Å². The lowest BCUT2D eigenvalue weighted by Gasteiger charge is -2.06. The number of carbonyl (C=O) groups excluding carboxylic acids is 1. The van der Waals surface area contributed by atoms with Crippen molar-refractivity contribution in [2.75, 3.05) is 6.61 Å². The number of rotatable bonds is 7. The molecule has 1 atom stereocenters. The van der Waals surface area contributed by atoms with E-state index in [1.54, 1.807) is 6.92 Å².